The van der Waals surface area contributed by atoms with Gasteiger partial charge in [0.25, 0.3) is 0 Å². The molecule has 0 N–H and O–H groups in total. The summed E-state index contributed by atoms with van der Waals surface area (Å²) in [6, 6.07) is 16.7. The highest BCUT2D eigenvalue weighted by Gasteiger charge is 2.07. The van der Waals surface area contributed by atoms with E-state index in [4.69, 9.17) is 0 Å². The van der Waals surface area contributed by atoms with Gasteiger partial charge in [-0.2, -0.15) is 0 Å². The number of rotatable bonds is 3. The Morgan fingerprint density at radius 3 is 2.00 bits per heavy atom. The van der Waals surface area contributed by atoms with Crippen LogP contribution in [0.2, 0.25) is 0 Å². The molecular weight excluding hydrogens is 236 g/mol. The average molecular weight is 246 g/mol. The van der Waals surface area contributed by atoms with Gasteiger partial charge in [-0.25, -0.2) is 0 Å². The van der Waals surface area contributed by atoms with E-state index < -0.39 is 0 Å². The minimum absolute atomic E-state index is 0.0521. The number of hydrogen-bond donors (Lipinski definition) is 1. The molecule has 2 aromatic carbocycles. The van der Waals surface area contributed by atoms with Crippen molar-refractivity contribution in [2.75, 3.05) is 0 Å². The lowest BCUT2D eigenvalue weighted by Crippen LogP contribution is -2.00. The van der Waals surface area contributed by atoms with Gasteiger partial charge >= 0.3 is 0 Å². The second kappa shape index (κ2) is 5.23. The zero-order valence-electron chi connectivity index (χ0n) is 8.46. The molecule has 2 rings (SSSR count). The van der Waals surface area contributed by atoms with Crippen LogP contribution in [-0.4, -0.2) is 5.78 Å². The quantitative estimate of drug-likeness (QED) is 0.503. The normalized spacial score (nSPS) is 10.1. The summed E-state index contributed by atoms with van der Waals surface area (Å²) in [5, 5.41) is 0. The van der Waals surface area contributed by atoms with Crippen molar-refractivity contribution < 1.29 is 4.79 Å². The van der Waals surface area contributed by atoms with Crippen molar-refractivity contribution in [3.05, 3.63) is 65.7 Å². The molecule has 2 aromatic rings. The summed E-state index contributed by atoms with van der Waals surface area (Å²) in [6.45, 7) is 0. The Balaban J connectivity index is 2.28. The van der Waals surface area contributed by atoms with E-state index in [-0.39, 0.29) is 5.78 Å². The topological polar surface area (TPSA) is 17.1 Å². The van der Waals surface area contributed by atoms with Crippen molar-refractivity contribution in [2.24, 2.45) is 0 Å². The number of benzene rings is 2. The minimum atomic E-state index is 0.0521. The fraction of sp³-hybridized carbons (Fsp3) is 0. The maximum absolute atomic E-state index is 12.0. The second-order valence-corrected chi connectivity index (χ2v) is 4.51. The van der Waals surface area contributed by atoms with Crippen LogP contribution in [0.5, 0.6) is 0 Å². The lowest BCUT2D eigenvalue weighted by atomic mass is 10.0. The summed E-state index contributed by atoms with van der Waals surface area (Å²) in [5.41, 5.74) is 1.42. The van der Waals surface area contributed by atoms with Gasteiger partial charge in [-0.3, -0.25) is 4.79 Å². The molecule has 0 saturated heterocycles. The molecule has 0 aliphatic rings. The Bertz CT molecular complexity index is 477. The van der Waals surface area contributed by atoms with E-state index >= 15 is 0 Å². The second-order valence-electron chi connectivity index (χ2n) is 3.31. The predicted molar refractivity (Wildman–Crippen MR) is 71.2 cm³/mol. The standard InChI is InChI=1S/C13H10OS2/c14-13(10-4-2-1-3-5-10)11-6-8-12(16-15)9-7-11/h1-9,15H. The van der Waals surface area contributed by atoms with Crippen molar-refractivity contribution in [3.8, 4) is 0 Å². The molecule has 0 amide bonds. The van der Waals surface area contributed by atoms with Gasteiger partial charge in [-0.15, -0.1) is 11.7 Å². The van der Waals surface area contributed by atoms with Crippen LogP contribution in [0.25, 0.3) is 0 Å². The lowest BCUT2D eigenvalue weighted by molar-refractivity contribution is 0.103. The summed E-state index contributed by atoms with van der Waals surface area (Å²) < 4.78 is 0. The summed E-state index contributed by atoms with van der Waals surface area (Å²) in [4.78, 5) is 13.1. The van der Waals surface area contributed by atoms with E-state index in [0.717, 1.165) is 4.90 Å². The Labute approximate surface area is 104 Å². The van der Waals surface area contributed by atoms with Gasteiger partial charge in [0.2, 0.25) is 0 Å². The van der Waals surface area contributed by atoms with Gasteiger partial charge in [0, 0.05) is 16.0 Å². The molecular formula is C13H10OS2. The third-order valence-electron chi connectivity index (χ3n) is 2.26. The van der Waals surface area contributed by atoms with Crippen molar-refractivity contribution in [1.82, 2.24) is 0 Å². The SMILES string of the molecule is O=C(c1ccccc1)c1ccc(SS)cc1. The molecule has 80 valence electrons. The third-order valence-corrected chi connectivity index (χ3v) is 3.37. The van der Waals surface area contributed by atoms with Gasteiger partial charge in [-0.05, 0) is 24.3 Å². The summed E-state index contributed by atoms with van der Waals surface area (Å²) >= 11 is 4.10. The van der Waals surface area contributed by atoms with Crippen LogP contribution in [0.4, 0.5) is 0 Å². The first-order valence-electron chi connectivity index (χ1n) is 4.82. The smallest absolute Gasteiger partial charge is 0.193 e. The van der Waals surface area contributed by atoms with Crippen LogP contribution in [0, 0.1) is 0 Å². The molecule has 0 aliphatic heterocycles. The van der Waals surface area contributed by atoms with Crippen molar-refractivity contribution in [3.63, 3.8) is 0 Å². The number of carbonyl (C=O) groups is 1. The number of ketones is 1. The van der Waals surface area contributed by atoms with Gasteiger partial charge in [0.05, 0.1) is 0 Å². The van der Waals surface area contributed by atoms with Crippen LogP contribution < -0.4 is 0 Å². The van der Waals surface area contributed by atoms with E-state index in [1.807, 2.05) is 54.6 Å². The molecule has 0 radical (unpaired) electrons. The maximum Gasteiger partial charge on any atom is 0.193 e. The summed E-state index contributed by atoms with van der Waals surface area (Å²) in [7, 11) is 1.37. The predicted octanol–water partition coefficient (Wildman–Crippen LogP) is 3.85. The number of thiol groups is 1. The minimum Gasteiger partial charge on any atom is -0.289 e. The largest absolute Gasteiger partial charge is 0.289 e. The first-order chi connectivity index (χ1) is 7.81. The van der Waals surface area contributed by atoms with Crippen LogP contribution in [-0.2, 0) is 0 Å². The van der Waals surface area contributed by atoms with E-state index in [1.54, 1.807) is 0 Å². The zero-order chi connectivity index (χ0) is 11.4. The molecule has 0 spiro atoms. The molecule has 0 aromatic heterocycles. The van der Waals surface area contributed by atoms with Crippen molar-refractivity contribution in [1.29, 1.82) is 0 Å². The van der Waals surface area contributed by atoms with E-state index in [9.17, 15) is 4.79 Å². The van der Waals surface area contributed by atoms with Crippen LogP contribution in [0.3, 0.4) is 0 Å². The number of carbonyl (C=O) groups excluding carboxylic acids is 1. The van der Waals surface area contributed by atoms with Gasteiger partial charge in [0.1, 0.15) is 0 Å². The Morgan fingerprint density at radius 2 is 1.44 bits per heavy atom. The monoisotopic (exact) mass is 246 g/mol. The van der Waals surface area contributed by atoms with E-state index in [1.165, 1.54) is 10.8 Å². The van der Waals surface area contributed by atoms with Gasteiger partial charge in [-0.1, -0.05) is 41.1 Å². The van der Waals surface area contributed by atoms with Gasteiger partial charge < -0.3 is 0 Å². The molecule has 0 atom stereocenters. The maximum atomic E-state index is 12.0. The van der Waals surface area contributed by atoms with Gasteiger partial charge in [0.15, 0.2) is 5.78 Å². The molecule has 0 saturated carbocycles. The lowest BCUT2D eigenvalue weighted by Gasteiger charge is -2.01. The highest BCUT2D eigenvalue weighted by molar-refractivity contribution is 8.68. The van der Waals surface area contributed by atoms with E-state index in [2.05, 4.69) is 11.7 Å². The molecule has 0 heterocycles. The molecule has 3 heteroatoms. The Hall–Kier alpha value is -1.19. The summed E-state index contributed by atoms with van der Waals surface area (Å²) in [5.74, 6) is 0.0521. The molecule has 0 fully saturated rings. The van der Waals surface area contributed by atoms with Crippen LogP contribution in [0.15, 0.2) is 59.5 Å². The fourth-order valence-electron chi connectivity index (χ4n) is 1.42. The highest BCUT2D eigenvalue weighted by atomic mass is 33.1. The average Bonchev–Trinajstić information content (AvgIpc) is 2.39. The molecule has 0 aliphatic carbocycles. The first-order valence-corrected chi connectivity index (χ1v) is 6.69. The van der Waals surface area contributed by atoms with Crippen molar-refractivity contribution >= 4 is 28.2 Å². The molecule has 16 heavy (non-hydrogen) atoms. The zero-order valence-corrected chi connectivity index (χ0v) is 10.2. The first kappa shape index (κ1) is 11.3. The molecule has 0 unspecified atom stereocenters. The van der Waals surface area contributed by atoms with Crippen LogP contribution in [0.1, 0.15) is 15.9 Å². The van der Waals surface area contributed by atoms with Crippen LogP contribution >= 0.6 is 22.5 Å². The molecule has 1 nitrogen and oxygen atoms in total. The Kier molecular flexibility index (Phi) is 3.70. The fourth-order valence-corrected chi connectivity index (χ4v) is 2.05. The third kappa shape index (κ3) is 2.49. The Morgan fingerprint density at radius 1 is 0.875 bits per heavy atom. The highest BCUT2D eigenvalue weighted by Crippen LogP contribution is 2.22. The summed E-state index contributed by atoms with van der Waals surface area (Å²) in [6.07, 6.45) is 0. The number of hydrogen-bond acceptors (Lipinski definition) is 3. The van der Waals surface area contributed by atoms with Crippen molar-refractivity contribution in [2.45, 2.75) is 4.90 Å². The van der Waals surface area contributed by atoms with E-state index in [0.29, 0.717) is 11.1 Å². The molecule has 0 bridgehead atoms.